The van der Waals surface area contributed by atoms with Crippen molar-refractivity contribution in [1.29, 1.82) is 0 Å². The van der Waals surface area contributed by atoms with Gasteiger partial charge < -0.3 is 9.88 Å². The van der Waals surface area contributed by atoms with Crippen molar-refractivity contribution in [3.63, 3.8) is 0 Å². The fourth-order valence-electron chi connectivity index (χ4n) is 2.46. The number of rotatable bonds is 4. The number of fused-ring (bicyclic) bond motifs is 1. The van der Waals surface area contributed by atoms with Gasteiger partial charge in [0.1, 0.15) is 6.54 Å². The van der Waals surface area contributed by atoms with Crippen LogP contribution in [0.1, 0.15) is 18.5 Å². The van der Waals surface area contributed by atoms with Gasteiger partial charge in [0, 0.05) is 17.2 Å². The highest BCUT2D eigenvalue weighted by molar-refractivity contribution is 6.30. The number of carbonyl (C=O) groups is 1. The van der Waals surface area contributed by atoms with E-state index >= 15 is 0 Å². The summed E-state index contributed by atoms with van der Waals surface area (Å²) in [5, 5.41) is 3.47. The first-order valence-corrected chi connectivity index (χ1v) is 7.66. The number of aromatic nitrogens is 2. The minimum Gasteiger partial charge on any atom is -0.348 e. The summed E-state index contributed by atoms with van der Waals surface area (Å²) in [6, 6.07) is 9.00. The van der Waals surface area contributed by atoms with E-state index in [0.717, 1.165) is 17.7 Å². The molecule has 0 aliphatic carbocycles. The van der Waals surface area contributed by atoms with Crippen LogP contribution in [0.25, 0.3) is 11.0 Å². The van der Waals surface area contributed by atoms with E-state index in [-0.39, 0.29) is 18.5 Å². The second-order valence-electron chi connectivity index (χ2n) is 5.47. The highest BCUT2D eigenvalue weighted by atomic mass is 35.5. The van der Waals surface area contributed by atoms with E-state index in [9.17, 15) is 13.6 Å². The van der Waals surface area contributed by atoms with Gasteiger partial charge >= 0.3 is 0 Å². The molecule has 1 amide bonds. The predicted molar refractivity (Wildman–Crippen MR) is 87.7 cm³/mol. The van der Waals surface area contributed by atoms with Crippen molar-refractivity contribution in [2.24, 2.45) is 0 Å². The van der Waals surface area contributed by atoms with Gasteiger partial charge in [-0.15, -0.1) is 0 Å². The summed E-state index contributed by atoms with van der Waals surface area (Å²) in [6.07, 6.45) is 1.39. The fourth-order valence-corrected chi connectivity index (χ4v) is 2.58. The normalized spacial score (nSPS) is 12.3. The molecule has 0 aliphatic rings. The Bertz CT molecular complexity index is 893. The van der Waals surface area contributed by atoms with Crippen LogP contribution >= 0.6 is 11.6 Å². The van der Waals surface area contributed by atoms with Gasteiger partial charge in [0.05, 0.1) is 23.4 Å². The lowest BCUT2D eigenvalue weighted by molar-refractivity contribution is -0.122. The smallest absolute Gasteiger partial charge is 0.240 e. The molecule has 1 heterocycles. The van der Waals surface area contributed by atoms with E-state index in [4.69, 9.17) is 11.6 Å². The van der Waals surface area contributed by atoms with Gasteiger partial charge in [-0.2, -0.15) is 0 Å². The molecular formula is C17H14ClF2N3O. The maximum atomic E-state index is 13.4. The van der Waals surface area contributed by atoms with Gasteiger partial charge in [-0.1, -0.05) is 23.7 Å². The van der Waals surface area contributed by atoms with Crippen LogP contribution in [0, 0.1) is 11.6 Å². The Morgan fingerprint density at radius 1 is 1.25 bits per heavy atom. The van der Waals surface area contributed by atoms with Crippen molar-refractivity contribution in [3.05, 3.63) is 64.9 Å². The first kappa shape index (κ1) is 16.4. The van der Waals surface area contributed by atoms with Crippen LogP contribution in [-0.4, -0.2) is 15.5 Å². The molecule has 2 aromatic carbocycles. The summed E-state index contributed by atoms with van der Waals surface area (Å²) < 4.78 is 28.0. The van der Waals surface area contributed by atoms with Crippen molar-refractivity contribution >= 4 is 28.5 Å². The quantitative estimate of drug-likeness (QED) is 0.777. The third-order valence-electron chi connectivity index (χ3n) is 3.72. The van der Waals surface area contributed by atoms with Crippen LogP contribution in [0.2, 0.25) is 5.02 Å². The molecule has 1 atom stereocenters. The van der Waals surface area contributed by atoms with Crippen LogP contribution in [-0.2, 0) is 11.3 Å². The molecule has 0 radical (unpaired) electrons. The van der Waals surface area contributed by atoms with Crippen molar-refractivity contribution in [3.8, 4) is 0 Å². The molecule has 0 saturated carbocycles. The standard InChI is InChI=1S/C17H14ClF2N3O/c1-10(11-2-4-12(18)5-3-11)22-17(24)8-23-9-21-15-6-13(19)14(20)7-16(15)23/h2-7,9-10H,8H2,1H3,(H,22,24). The molecular weight excluding hydrogens is 336 g/mol. The number of benzene rings is 2. The Kier molecular flexibility index (Phi) is 4.49. The van der Waals surface area contributed by atoms with Crippen LogP contribution in [0.3, 0.4) is 0 Å². The van der Waals surface area contributed by atoms with Gasteiger partial charge in [0.15, 0.2) is 11.6 Å². The molecule has 0 aliphatic heterocycles. The second-order valence-corrected chi connectivity index (χ2v) is 5.90. The van der Waals surface area contributed by atoms with Gasteiger partial charge in [-0.25, -0.2) is 13.8 Å². The molecule has 7 heteroatoms. The van der Waals surface area contributed by atoms with Crippen LogP contribution < -0.4 is 5.32 Å². The first-order chi connectivity index (χ1) is 11.4. The minimum absolute atomic E-state index is 0.0422. The lowest BCUT2D eigenvalue weighted by Crippen LogP contribution is -2.29. The fraction of sp³-hybridized carbons (Fsp3) is 0.176. The lowest BCUT2D eigenvalue weighted by Gasteiger charge is -2.15. The topological polar surface area (TPSA) is 46.9 Å². The van der Waals surface area contributed by atoms with Gasteiger partial charge in [0.25, 0.3) is 0 Å². The number of halogens is 3. The zero-order chi connectivity index (χ0) is 17.3. The Hall–Kier alpha value is -2.47. The maximum Gasteiger partial charge on any atom is 0.240 e. The monoisotopic (exact) mass is 349 g/mol. The van der Waals surface area contributed by atoms with Crippen LogP contribution in [0.15, 0.2) is 42.7 Å². The summed E-state index contributed by atoms with van der Waals surface area (Å²) in [6.45, 7) is 1.81. The molecule has 0 spiro atoms. The molecule has 0 saturated heterocycles. The first-order valence-electron chi connectivity index (χ1n) is 7.29. The van der Waals surface area contributed by atoms with Gasteiger partial charge in [0.2, 0.25) is 5.91 Å². The van der Waals surface area contributed by atoms with Gasteiger partial charge in [-0.3, -0.25) is 4.79 Å². The number of carbonyl (C=O) groups excluding carboxylic acids is 1. The molecule has 1 N–H and O–H groups in total. The molecule has 4 nitrogen and oxygen atoms in total. The number of amides is 1. The highest BCUT2D eigenvalue weighted by Gasteiger charge is 2.13. The van der Waals surface area contributed by atoms with Crippen molar-refractivity contribution in [2.45, 2.75) is 19.5 Å². The summed E-state index contributed by atoms with van der Waals surface area (Å²) in [5.74, 6) is -2.20. The van der Waals surface area contributed by atoms with E-state index < -0.39 is 11.6 Å². The van der Waals surface area contributed by atoms with Crippen molar-refractivity contribution in [1.82, 2.24) is 14.9 Å². The van der Waals surface area contributed by atoms with Gasteiger partial charge in [-0.05, 0) is 24.6 Å². The lowest BCUT2D eigenvalue weighted by atomic mass is 10.1. The number of hydrogen-bond acceptors (Lipinski definition) is 2. The molecule has 1 unspecified atom stereocenters. The molecule has 3 rings (SSSR count). The number of nitrogens with zero attached hydrogens (tertiary/aromatic N) is 2. The third-order valence-corrected chi connectivity index (χ3v) is 3.98. The maximum absolute atomic E-state index is 13.4. The number of hydrogen-bond donors (Lipinski definition) is 1. The second kappa shape index (κ2) is 6.57. The van der Waals surface area contributed by atoms with E-state index in [2.05, 4.69) is 10.3 Å². The van der Waals surface area contributed by atoms with Crippen LogP contribution in [0.4, 0.5) is 8.78 Å². The molecule has 24 heavy (non-hydrogen) atoms. The molecule has 1 aromatic heterocycles. The summed E-state index contributed by atoms with van der Waals surface area (Å²) in [5.41, 5.74) is 1.58. The number of imidazole rings is 1. The van der Waals surface area contributed by atoms with E-state index in [1.165, 1.54) is 10.9 Å². The van der Waals surface area contributed by atoms with Crippen molar-refractivity contribution in [2.75, 3.05) is 0 Å². The minimum atomic E-state index is -0.973. The number of nitrogens with one attached hydrogen (secondary N) is 1. The summed E-state index contributed by atoms with van der Waals surface area (Å²) >= 11 is 5.84. The van der Waals surface area contributed by atoms with E-state index in [1.807, 2.05) is 19.1 Å². The highest BCUT2D eigenvalue weighted by Crippen LogP contribution is 2.18. The predicted octanol–water partition coefficient (Wildman–Crippen LogP) is 3.85. The average molecular weight is 350 g/mol. The summed E-state index contributed by atoms with van der Waals surface area (Å²) in [7, 11) is 0. The zero-order valence-corrected chi connectivity index (χ0v) is 13.5. The molecule has 0 fully saturated rings. The molecule has 3 aromatic rings. The van der Waals surface area contributed by atoms with Crippen molar-refractivity contribution < 1.29 is 13.6 Å². The Morgan fingerprint density at radius 3 is 2.62 bits per heavy atom. The Balaban J connectivity index is 1.73. The third kappa shape index (κ3) is 3.38. The molecule has 124 valence electrons. The largest absolute Gasteiger partial charge is 0.348 e. The van der Waals surface area contributed by atoms with Crippen LogP contribution in [0.5, 0.6) is 0 Å². The van der Waals surface area contributed by atoms with E-state index in [0.29, 0.717) is 16.1 Å². The Labute approximate surface area is 142 Å². The summed E-state index contributed by atoms with van der Waals surface area (Å²) in [4.78, 5) is 16.2. The van der Waals surface area contributed by atoms with E-state index in [1.54, 1.807) is 12.1 Å². The zero-order valence-electron chi connectivity index (χ0n) is 12.8. The average Bonchev–Trinajstić information content (AvgIpc) is 2.90. The SMILES string of the molecule is CC(NC(=O)Cn1cnc2cc(F)c(F)cc21)c1ccc(Cl)cc1. The Morgan fingerprint density at radius 2 is 1.92 bits per heavy atom. The molecule has 0 bridgehead atoms.